The van der Waals surface area contributed by atoms with Gasteiger partial charge in [0.25, 0.3) is 0 Å². The van der Waals surface area contributed by atoms with Crippen molar-refractivity contribution in [2.75, 3.05) is 44.7 Å². The highest BCUT2D eigenvalue weighted by atomic mass is 15.3. The van der Waals surface area contributed by atoms with E-state index in [1.807, 2.05) is 7.05 Å². The lowest BCUT2D eigenvalue weighted by atomic mass is 10.1. The first-order valence-electron chi connectivity index (χ1n) is 10.9. The zero-order chi connectivity index (χ0) is 19.9. The maximum Gasteiger partial charge on any atom is 0.191 e. The van der Waals surface area contributed by atoms with Crippen LogP contribution in [0.3, 0.4) is 0 Å². The van der Waals surface area contributed by atoms with Crippen LogP contribution in [-0.4, -0.2) is 50.6 Å². The second-order valence-corrected chi connectivity index (χ2v) is 8.12. The quantitative estimate of drug-likeness (QED) is 0.562. The highest BCUT2D eigenvalue weighted by Crippen LogP contribution is 2.27. The van der Waals surface area contributed by atoms with Crippen LogP contribution in [0.2, 0.25) is 0 Å². The second kappa shape index (κ2) is 9.79. The van der Waals surface area contributed by atoms with E-state index in [4.69, 9.17) is 0 Å². The van der Waals surface area contributed by atoms with Gasteiger partial charge in [-0.2, -0.15) is 0 Å². The van der Waals surface area contributed by atoms with Gasteiger partial charge in [-0.3, -0.25) is 9.89 Å². The Morgan fingerprint density at radius 2 is 1.59 bits per heavy atom. The third kappa shape index (κ3) is 5.73. The van der Waals surface area contributed by atoms with Gasteiger partial charge < -0.3 is 15.5 Å². The molecule has 154 valence electrons. The topological polar surface area (TPSA) is 42.9 Å². The number of rotatable bonds is 7. The molecule has 0 spiro atoms. The van der Waals surface area contributed by atoms with Gasteiger partial charge in [0.15, 0.2) is 5.96 Å². The lowest BCUT2D eigenvalue weighted by Gasteiger charge is -2.36. The number of anilines is 1. The van der Waals surface area contributed by atoms with Crippen LogP contribution in [0.5, 0.6) is 0 Å². The van der Waals surface area contributed by atoms with Crippen LogP contribution in [0.4, 0.5) is 5.69 Å². The number of nitrogens with one attached hydrogen (secondary N) is 2. The Balaban J connectivity index is 1.29. The summed E-state index contributed by atoms with van der Waals surface area (Å²) >= 11 is 0. The number of nitrogens with zero attached hydrogens (tertiary/aromatic N) is 3. The zero-order valence-corrected chi connectivity index (χ0v) is 17.5. The van der Waals surface area contributed by atoms with E-state index < -0.39 is 0 Å². The number of aliphatic imine (C=N–C) groups is 1. The Morgan fingerprint density at radius 3 is 2.28 bits per heavy atom. The van der Waals surface area contributed by atoms with Crippen molar-refractivity contribution in [1.29, 1.82) is 0 Å². The van der Waals surface area contributed by atoms with Crippen molar-refractivity contribution in [1.82, 2.24) is 15.5 Å². The van der Waals surface area contributed by atoms with Gasteiger partial charge in [0.2, 0.25) is 0 Å². The molecule has 1 saturated carbocycles. The van der Waals surface area contributed by atoms with E-state index >= 15 is 0 Å². The molecule has 4 rings (SSSR count). The number of guanidine groups is 1. The molecule has 2 N–H and O–H groups in total. The predicted molar refractivity (Wildman–Crippen MR) is 121 cm³/mol. The van der Waals surface area contributed by atoms with E-state index in [0.29, 0.717) is 0 Å². The van der Waals surface area contributed by atoms with Crippen molar-refractivity contribution in [2.45, 2.75) is 25.9 Å². The molecular weight excluding hydrogens is 358 g/mol. The van der Waals surface area contributed by atoms with Crippen LogP contribution in [0.1, 0.15) is 24.0 Å². The largest absolute Gasteiger partial charge is 0.369 e. The number of para-hydroxylation sites is 1. The molecule has 0 atom stereocenters. The first-order valence-corrected chi connectivity index (χ1v) is 10.9. The Hall–Kier alpha value is -2.53. The van der Waals surface area contributed by atoms with Crippen LogP contribution in [0.15, 0.2) is 59.6 Å². The highest BCUT2D eigenvalue weighted by molar-refractivity contribution is 5.79. The molecule has 0 bridgehead atoms. The lowest BCUT2D eigenvalue weighted by Crippen LogP contribution is -2.46. The van der Waals surface area contributed by atoms with Crippen LogP contribution in [0.25, 0.3) is 0 Å². The smallest absolute Gasteiger partial charge is 0.191 e. The van der Waals surface area contributed by atoms with E-state index in [0.717, 1.165) is 57.7 Å². The van der Waals surface area contributed by atoms with E-state index in [-0.39, 0.29) is 0 Å². The SMILES string of the molecule is CN=C(NCc1ccccc1CN1CCN(c2ccccc2)CC1)NCC1CC1. The average molecular weight is 392 g/mol. The average Bonchev–Trinajstić information content (AvgIpc) is 3.61. The molecule has 2 aromatic rings. The summed E-state index contributed by atoms with van der Waals surface area (Å²) in [4.78, 5) is 9.42. The molecular formula is C24H33N5. The van der Waals surface area contributed by atoms with Crippen LogP contribution >= 0.6 is 0 Å². The molecule has 2 aromatic carbocycles. The molecule has 2 fully saturated rings. The van der Waals surface area contributed by atoms with Crippen molar-refractivity contribution in [3.05, 3.63) is 65.7 Å². The minimum Gasteiger partial charge on any atom is -0.369 e. The Morgan fingerprint density at radius 1 is 0.897 bits per heavy atom. The van der Waals surface area contributed by atoms with Crippen LogP contribution < -0.4 is 15.5 Å². The maximum absolute atomic E-state index is 4.36. The number of piperazine rings is 1. The van der Waals surface area contributed by atoms with Gasteiger partial charge in [0.05, 0.1) is 0 Å². The fraction of sp³-hybridized carbons (Fsp3) is 0.458. The Kier molecular flexibility index (Phi) is 6.67. The zero-order valence-electron chi connectivity index (χ0n) is 17.5. The van der Waals surface area contributed by atoms with Crippen molar-refractivity contribution >= 4 is 11.6 Å². The first kappa shape index (κ1) is 19.8. The molecule has 5 heteroatoms. The molecule has 1 aliphatic carbocycles. The van der Waals surface area contributed by atoms with Gasteiger partial charge in [-0.1, -0.05) is 42.5 Å². The van der Waals surface area contributed by atoms with Gasteiger partial charge in [-0.05, 0) is 42.0 Å². The number of hydrogen-bond donors (Lipinski definition) is 2. The molecule has 1 heterocycles. The van der Waals surface area contributed by atoms with Gasteiger partial charge in [0, 0.05) is 58.5 Å². The van der Waals surface area contributed by atoms with E-state index in [2.05, 4.69) is 80.0 Å². The van der Waals surface area contributed by atoms with Crippen LogP contribution in [0, 0.1) is 5.92 Å². The van der Waals surface area contributed by atoms with Crippen molar-refractivity contribution in [3.8, 4) is 0 Å². The fourth-order valence-electron chi connectivity index (χ4n) is 3.89. The van der Waals surface area contributed by atoms with E-state index in [9.17, 15) is 0 Å². The van der Waals surface area contributed by atoms with Crippen LogP contribution in [-0.2, 0) is 13.1 Å². The third-order valence-electron chi connectivity index (χ3n) is 5.93. The summed E-state index contributed by atoms with van der Waals surface area (Å²) in [5.74, 6) is 1.75. The number of benzene rings is 2. The molecule has 2 aliphatic rings. The standard InChI is InChI=1S/C24H33N5/c1-25-24(26-17-20-11-12-20)27-18-21-7-5-6-8-22(21)19-28-13-15-29(16-14-28)23-9-3-2-4-10-23/h2-10,20H,11-19H2,1H3,(H2,25,26,27). The maximum atomic E-state index is 4.36. The van der Waals surface area contributed by atoms with Gasteiger partial charge in [-0.15, -0.1) is 0 Å². The third-order valence-corrected chi connectivity index (χ3v) is 5.93. The summed E-state index contributed by atoms with van der Waals surface area (Å²) in [6.45, 7) is 7.22. The van der Waals surface area contributed by atoms with Crippen molar-refractivity contribution < 1.29 is 0 Å². The summed E-state index contributed by atoms with van der Waals surface area (Å²) in [6.07, 6.45) is 2.70. The molecule has 1 saturated heterocycles. The minimum atomic E-state index is 0.810. The minimum absolute atomic E-state index is 0.810. The molecule has 29 heavy (non-hydrogen) atoms. The molecule has 0 radical (unpaired) electrons. The van der Waals surface area contributed by atoms with Crippen molar-refractivity contribution in [2.24, 2.45) is 10.9 Å². The summed E-state index contributed by atoms with van der Waals surface area (Å²) in [5.41, 5.74) is 4.10. The summed E-state index contributed by atoms with van der Waals surface area (Å²) in [7, 11) is 1.85. The predicted octanol–water partition coefficient (Wildman–Crippen LogP) is 3.08. The molecule has 0 amide bonds. The number of hydrogen-bond acceptors (Lipinski definition) is 3. The Bertz CT molecular complexity index is 792. The van der Waals surface area contributed by atoms with Gasteiger partial charge >= 0.3 is 0 Å². The van der Waals surface area contributed by atoms with E-state index in [1.54, 1.807) is 0 Å². The molecule has 5 nitrogen and oxygen atoms in total. The monoisotopic (exact) mass is 391 g/mol. The normalized spacial score (nSPS) is 18.0. The molecule has 0 aromatic heterocycles. The van der Waals surface area contributed by atoms with Gasteiger partial charge in [-0.25, -0.2) is 0 Å². The van der Waals surface area contributed by atoms with Gasteiger partial charge in [0.1, 0.15) is 0 Å². The Labute approximate surface area is 174 Å². The summed E-state index contributed by atoms with van der Waals surface area (Å²) < 4.78 is 0. The van der Waals surface area contributed by atoms with Crippen molar-refractivity contribution in [3.63, 3.8) is 0 Å². The summed E-state index contributed by atoms with van der Waals surface area (Å²) in [6, 6.07) is 19.5. The fourth-order valence-corrected chi connectivity index (χ4v) is 3.89. The highest BCUT2D eigenvalue weighted by Gasteiger charge is 2.21. The lowest BCUT2D eigenvalue weighted by molar-refractivity contribution is 0.249. The molecule has 0 unspecified atom stereocenters. The first-order chi connectivity index (χ1) is 14.3. The molecule has 1 aliphatic heterocycles. The summed E-state index contributed by atoms with van der Waals surface area (Å²) in [5, 5.41) is 6.93. The second-order valence-electron chi connectivity index (χ2n) is 8.12. The van der Waals surface area contributed by atoms with E-state index in [1.165, 1.54) is 29.7 Å².